The molecule has 0 aliphatic heterocycles. The lowest BCUT2D eigenvalue weighted by molar-refractivity contribution is -0.134. The van der Waals surface area contributed by atoms with Gasteiger partial charge in [-0.25, -0.2) is 0 Å². The second-order valence-electron chi connectivity index (χ2n) is 1.94. The number of hydrogen-bond donors (Lipinski definition) is 3. The third-order valence-corrected chi connectivity index (χ3v) is 0.805. The Kier molecular flexibility index (Phi) is 8.01. The van der Waals surface area contributed by atoms with Gasteiger partial charge in [0.25, 0.3) is 5.97 Å². The summed E-state index contributed by atoms with van der Waals surface area (Å²) >= 11 is 0. The first kappa shape index (κ1) is 12.6. The average molecular weight is 162 g/mol. The van der Waals surface area contributed by atoms with E-state index in [-0.39, 0.29) is 0 Å². The van der Waals surface area contributed by atoms with Crippen LogP contribution in [0.4, 0.5) is 0 Å². The molecule has 5 heteroatoms. The second-order valence-corrected chi connectivity index (χ2v) is 1.94. The van der Waals surface area contributed by atoms with Crippen LogP contribution in [0.25, 0.3) is 0 Å². The average Bonchev–Trinajstić information content (AvgIpc) is 1.85. The highest BCUT2D eigenvalue weighted by Gasteiger charge is 2.02. The molecule has 0 fully saturated rings. The first-order chi connectivity index (χ1) is 4.91. The van der Waals surface area contributed by atoms with Crippen molar-refractivity contribution in [2.75, 3.05) is 0 Å². The van der Waals surface area contributed by atoms with Gasteiger partial charge < -0.3 is 16.6 Å². The van der Waals surface area contributed by atoms with Crippen LogP contribution in [-0.2, 0) is 9.59 Å². The number of amides is 1. The smallest absolute Gasteiger partial charge is 0.300 e. The van der Waals surface area contributed by atoms with Crippen LogP contribution in [-0.4, -0.2) is 23.0 Å². The van der Waals surface area contributed by atoms with E-state index >= 15 is 0 Å². The quantitative estimate of drug-likeness (QED) is 0.499. The Hall–Kier alpha value is -1.10. The molecule has 66 valence electrons. The monoisotopic (exact) mass is 162 g/mol. The Bertz CT molecular complexity index is 132. The number of rotatable bonds is 2. The molecular formula is C6H14N2O3. The molecular weight excluding hydrogens is 148 g/mol. The van der Waals surface area contributed by atoms with Crippen molar-refractivity contribution in [3.05, 3.63) is 0 Å². The summed E-state index contributed by atoms with van der Waals surface area (Å²) in [5.74, 6) is -1.26. The van der Waals surface area contributed by atoms with Crippen molar-refractivity contribution >= 4 is 11.9 Å². The molecule has 0 radical (unpaired) electrons. The van der Waals surface area contributed by atoms with Crippen LogP contribution in [0.5, 0.6) is 0 Å². The molecule has 0 aliphatic rings. The highest BCUT2D eigenvalue weighted by atomic mass is 16.4. The minimum Gasteiger partial charge on any atom is -0.481 e. The van der Waals surface area contributed by atoms with E-state index in [9.17, 15) is 4.79 Å². The molecule has 0 aliphatic carbocycles. The highest BCUT2D eigenvalue weighted by Crippen LogP contribution is 1.80. The maximum atomic E-state index is 10.0. The van der Waals surface area contributed by atoms with Crippen LogP contribution < -0.4 is 11.5 Å². The standard InChI is InChI=1S/C4H10N2O.C2H4O2/c1-2-3(5)4(6)7;1-2(3)4/h3H,2,5H2,1H3,(H2,6,7);1H3,(H,3,4). The third kappa shape index (κ3) is 17.6. The van der Waals surface area contributed by atoms with Gasteiger partial charge in [0, 0.05) is 6.92 Å². The molecule has 0 aromatic rings. The number of primary amides is 1. The predicted molar refractivity (Wildman–Crippen MR) is 40.8 cm³/mol. The van der Waals surface area contributed by atoms with E-state index in [4.69, 9.17) is 21.4 Å². The Balaban J connectivity index is 0. The van der Waals surface area contributed by atoms with Gasteiger partial charge in [0.2, 0.25) is 5.91 Å². The third-order valence-electron chi connectivity index (χ3n) is 0.805. The molecule has 11 heavy (non-hydrogen) atoms. The Labute approximate surface area is 65.4 Å². The number of carbonyl (C=O) groups is 2. The summed E-state index contributed by atoms with van der Waals surface area (Å²) in [6, 6.07) is -0.458. The Morgan fingerprint density at radius 1 is 1.55 bits per heavy atom. The summed E-state index contributed by atoms with van der Waals surface area (Å²) in [4.78, 5) is 19.0. The fourth-order valence-electron chi connectivity index (χ4n) is 0.201. The van der Waals surface area contributed by atoms with E-state index in [2.05, 4.69) is 0 Å². The Morgan fingerprint density at radius 3 is 1.82 bits per heavy atom. The van der Waals surface area contributed by atoms with Crippen LogP contribution in [0.15, 0.2) is 0 Å². The van der Waals surface area contributed by atoms with E-state index in [0.717, 1.165) is 6.92 Å². The summed E-state index contributed by atoms with van der Waals surface area (Å²) < 4.78 is 0. The second kappa shape index (κ2) is 7.01. The largest absolute Gasteiger partial charge is 0.481 e. The van der Waals surface area contributed by atoms with Crippen molar-refractivity contribution in [3.8, 4) is 0 Å². The SMILES string of the molecule is CC(=O)O.CCC(N)C(N)=O. The van der Waals surface area contributed by atoms with Gasteiger partial charge in [-0.1, -0.05) is 6.92 Å². The zero-order chi connectivity index (χ0) is 9.44. The van der Waals surface area contributed by atoms with Gasteiger partial charge in [0.1, 0.15) is 0 Å². The molecule has 1 atom stereocenters. The Morgan fingerprint density at radius 2 is 1.82 bits per heavy atom. The van der Waals surface area contributed by atoms with E-state index in [0.29, 0.717) is 6.42 Å². The highest BCUT2D eigenvalue weighted by molar-refractivity contribution is 5.79. The fourth-order valence-corrected chi connectivity index (χ4v) is 0.201. The molecule has 1 unspecified atom stereocenters. The number of carbonyl (C=O) groups excluding carboxylic acids is 1. The molecule has 5 nitrogen and oxygen atoms in total. The fraction of sp³-hybridized carbons (Fsp3) is 0.667. The van der Waals surface area contributed by atoms with Gasteiger partial charge in [-0.05, 0) is 6.42 Å². The minimum absolute atomic E-state index is 0.428. The van der Waals surface area contributed by atoms with Crippen molar-refractivity contribution in [3.63, 3.8) is 0 Å². The van der Waals surface area contributed by atoms with Gasteiger partial charge in [-0.3, -0.25) is 9.59 Å². The molecule has 0 spiro atoms. The number of nitrogens with two attached hydrogens (primary N) is 2. The van der Waals surface area contributed by atoms with Crippen molar-refractivity contribution in [2.24, 2.45) is 11.5 Å². The lowest BCUT2D eigenvalue weighted by Crippen LogP contribution is -2.35. The molecule has 0 saturated carbocycles. The molecule has 0 aromatic heterocycles. The first-order valence-electron chi connectivity index (χ1n) is 3.16. The van der Waals surface area contributed by atoms with Crippen LogP contribution >= 0.6 is 0 Å². The maximum absolute atomic E-state index is 10.0. The van der Waals surface area contributed by atoms with Gasteiger partial charge in [0.05, 0.1) is 6.04 Å². The summed E-state index contributed by atoms with van der Waals surface area (Å²) in [6.07, 6.45) is 0.620. The predicted octanol–water partition coefficient (Wildman–Crippen LogP) is -0.700. The first-order valence-corrected chi connectivity index (χ1v) is 3.16. The van der Waals surface area contributed by atoms with Crippen LogP contribution in [0.2, 0.25) is 0 Å². The zero-order valence-electron chi connectivity index (χ0n) is 6.70. The van der Waals surface area contributed by atoms with Gasteiger partial charge in [-0.15, -0.1) is 0 Å². The number of carboxylic acids is 1. The molecule has 0 bridgehead atoms. The van der Waals surface area contributed by atoms with Crippen LogP contribution in [0.1, 0.15) is 20.3 Å². The van der Waals surface area contributed by atoms with Gasteiger partial charge >= 0.3 is 0 Å². The maximum Gasteiger partial charge on any atom is 0.300 e. The summed E-state index contributed by atoms with van der Waals surface area (Å²) in [6.45, 7) is 2.90. The lowest BCUT2D eigenvalue weighted by Gasteiger charge is -1.98. The van der Waals surface area contributed by atoms with Crippen molar-refractivity contribution in [1.82, 2.24) is 0 Å². The molecule has 1 amide bonds. The molecule has 0 aromatic carbocycles. The van der Waals surface area contributed by atoms with E-state index in [1.165, 1.54) is 0 Å². The van der Waals surface area contributed by atoms with Gasteiger partial charge in [0.15, 0.2) is 0 Å². The van der Waals surface area contributed by atoms with Crippen LogP contribution in [0.3, 0.4) is 0 Å². The topological polar surface area (TPSA) is 106 Å². The van der Waals surface area contributed by atoms with Gasteiger partial charge in [-0.2, -0.15) is 0 Å². The van der Waals surface area contributed by atoms with Crippen molar-refractivity contribution in [2.45, 2.75) is 26.3 Å². The van der Waals surface area contributed by atoms with E-state index < -0.39 is 17.9 Å². The zero-order valence-corrected chi connectivity index (χ0v) is 6.70. The summed E-state index contributed by atoms with van der Waals surface area (Å²) in [7, 11) is 0. The summed E-state index contributed by atoms with van der Waals surface area (Å²) in [5.41, 5.74) is 9.92. The molecule has 0 heterocycles. The number of carboxylic acid groups (broad SMARTS) is 1. The summed E-state index contributed by atoms with van der Waals surface area (Å²) in [5, 5.41) is 7.42. The molecule has 0 saturated heterocycles. The van der Waals surface area contributed by atoms with Crippen molar-refractivity contribution in [1.29, 1.82) is 0 Å². The normalized spacial score (nSPS) is 10.8. The molecule has 0 rings (SSSR count). The lowest BCUT2D eigenvalue weighted by atomic mass is 10.2. The number of aliphatic carboxylic acids is 1. The van der Waals surface area contributed by atoms with E-state index in [1.807, 2.05) is 6.92 Å². The van der Waals surface area contributed by atoms with E-state index in [1.54, 1.807) is 0 Å². The number of hydrogen-bond acceptors (Lipinski definition) is 3. The van der Waals surface area contributed by atoms with Crippen molar-refractivity contribution < 1.29 is 14.7 Å². The minimum atomic E-state index is -0.833. The molecule has 5 N–H and O–H groups in total. The van der Waals surface area contributed by atoms with Crippen LogP contribution in [0, 0.1) is 0 Å².